The lowest BCUT2D eigenvalue weighted by atomic mass is 10.3. The molecule has 0 aliphatic carbocycles. The van der Waals surface area contributed by atoms with Crippen molar-refractivity contribution < 1.29 is 26.7 Å². The van der Waals surface area contributed by atoms with E-state index in [1.54, 1.807) is 6.92 Å². The van der Waals surface area contributed by atoms with Crippen LogP contribution in [0.5, 0.6) is 0 Å². The SMILES string of the molecule is CCOC(=O)CN(C(C)C)S(=O)(=O)c1c(F)cccc1F. The summed E-state index contributed by atoms with van der Waals surface area (Å²) in [5.74, 6) is -3.19. The minimum absolute atomic E-state index is 0.0822. The molecular weight excluding hydrogens is 304 g/mol. The highest BCUT2D eigenvalue weighted by atomic mass is 32.2. The van der Waals surface area contributed by atoms with E-state index in [-0.39, 0.29) is 6.61 Å². The van der Waals surface area contributed by atoms with E-state index >= 15 is 0 Å². The molecule has 0 spiro atoms. The summed E-state index contributed by atoms with van der Waals surface area (Å²) in [6.07, 6.45) is 0. The molecule has 0 amide bonds. The van der Waals surface area contributed by atoms with Crippen molar-refractivity contribution in [1.82, 2.24) is 4.31 Å². The molecular formula is C13H17F2NO4S. The molecule has 0 heterocycles. The summed E-state index contributed by atoms with van der Waals surface area (Å²) in [5, 5.41) is 0. The van der Waals surface area contributed by atoms with Gasteiger partial charge in [0.15, 0.2) is 4.90 Å². The Morgan fingerprint density at radius 1 is 1.29 bits per heavy atom. The second-order valence-corrected chi connectivity index (χ2v) is 6.33. The van der Waals surface area contributed by atoms with Crippen molar-refractivity contribution in [3.63, 3.8) is 0 Å². The van der Waals surface area contributed by atoms with E-state index in [9.17, 15) is 22.0 Å². The first-order chi connectivity index (χ1) is 9.71. The van der Waals surface area contributed by atoms with Gasteiger partial charge in [-0.15, -0.1) is 0 Å². The first-order valence-corrected chi connectivity index (χ1v) is 7.77. The quantitative estimate of drug-likeness (QED) is 0.751. The first kappa shape index (κ1) is 17.5. The number of carbonyl (C=O) groups is 1. The topological polar surface area (TPSA) is 63.7 Å². The van der Waals surface area contributed by atoms with Crippen LogP contribution >= 0.6 is 0 Å². The number of halogens is 2. The maximum Gasteiger partial charge on any atom is 0.321 e. The van der Waals surface area contributed by atoms with Gasteiger partial charge in [-0.1, -0.05) is 6.07 Å². The van der Waals surface area contributed by atoms with E-state index < -0.39 is 45.1 Å². The standard InChI is InChI=1S/C13H17F2NO4S/c1-4-20-12(17)8-16(9(2)3)21(18,19)13-10(14)6-5-7-11(13)15/h5-7,9H,4,8H2,1-3H3. The van der Waals surface area contributed by atoms with Gasteiger partial charge in [0, 0.05) is 6.04 Å². The Kier molecular flexibility index (Phi) is 5.79. The highest BCUT2D eigenvalue weighted by Gasteiger charge is 2.34. The molecule has 0 fully saturated rings. The zero-order valence-electron chi connectivity index (χ0n) is 12.0. The van der Waals surface area contributed by atoms with Gasteiger partial charge in [-0.2, -0.15) is 4.31 Å². The summed E-state index contributed by atoms with van der Waals surface area (Å²) < 4.78 is 57.6. The van der Waals surface area contributed by atoms with E-state index in [2.05, 4.69) is 4.74 Å². The molecule has 5 nitrogen and oxygen atoms in total. The number of hydrogen-bond donors (Lipinski definition) is 0. The van der Waals surface area contributed by atoms with Gasteiger partial charge < -0.3 is 4.74 Å². The molecule has 1 rings (SSSR count). The predicted octanol–water partition coefficient (Wildman–Crippen LogP) is 1.93. The van der Waals surface area contributed by atoms with Crippen molar-refractivity contribution in [3.05, 3.63) is 29.8 Å². The molecule has 0 radical (unpaired) electrons. The zero-order valence-corrected chi connectivity index (χ0v) is 12.8. The highest BCUT2D eigenvalue weighted by Crippen LogP contribution is 2.24. The summed E-state index contributed by atoms with van der Waals surface area (Å²) in [4.78, 5) is 10.4. The third-order valence-electron chi connectivity index (χ3n) is 2.65. The maximum absolute atomic E-state index is 13.7. The Balaban J connectivity index is 3.26. The molecule has 0 bridgehead atoms. The van der Waals surface area contributed by atoms with Gasteiger partial charge in [0.05, 0.1) is 6.61 Å². The fourth-order valence-corrected chi connectivity index (χ4v) is 3.42. The van der Waals surface area contributed by atoms with Crippen molar-refractivity contribution in [1.29, 1.82) is 0 Å². The molecule has 21 heavy (non-hydrogen) atoms. The lowest BCUT2D eigenvalue weighted by Crippen LogP contribution is -2.41. The van der Waals surface area contributed by atoms with Gasteiger partial charge in [-0.3, -0.25) is 4.79 Å². The fraction of sp³-hybridized carbons (Fsp3) is 0.462. The molecule has 0 saturated heterocycles. The van der Waals surface area contributed by atoms with E-state index in [1.807, 2.05) is 0 Å². The molecule has 0 N–H and O–H groups in total. The van der Waals surface area contributed by atoms with Crippen LogP contribution in [-0.2, 0) is 19.6 Å². The second kappa shape index (κ2) is 6.95. The molecule has 1 aromatic carbocycles. The van der Waals surface area contributed by atoms with Gasteiger partial charge in [0.1, 0.15) is 18.2 Å². The van der Waals surface area contributed by atoms with E-state index in [4.69, 9.17) is 0 Å². The molecule has 0 saturated carbocycles. The lowest BCUT2D eigenvalue weighted by molar-refractivity contribution is -0.143. The van der Waals surface area contributed by atoms with Crippen LogP contribution in [0, 0.1) is 11.6 Å². The Morgan fingerprint density at radius 2 is 1.81 bits per heavy atom. The van der Waals surface area contributed by atoms with Gasteiger partial charge >= 0.3 is 5.97 Å². The van der Waals surface area contributed by atoms with E-state index in [0.29, 0.717) is 4.31 Å². The third-order valence-corrected chi connectivity index (χ3v) is 4.73. The van der Waals surface area contributed by atoms with Crippen LogP contribution < -0.4 is 0 Å². The largest absolute Gasteiger partial charge is 0.465 e. The van der Waals surface area contributed by atoms with Crippen molar-refractivity contribution >= 4 is 16.0 Å². The number of nitrogens with zero attached hydrogens (tertiary/aromatic N) is 1. The normalized spacial score (nSPS) is 12.0. The fourth-order valence-electron chi connectivity index (χ4n) is 1.73. The summed E-state index contributed by atoms with van der Waals surface area (Å²) in [6.45, 7) is 4.04. The van der Waals surface area contributed by atoms with Gasteiger partial charge in [0.25, 0.3) is 0 Å². The Morgan fingerprint density at radius 3 is 2.24 bits per heavy atom. The average Bonchev–Trinajstić information content (AvgIpc) is 2.35. The van der Waals surface area contributed by atoms with Gasteiger partial charge in [-0.25, -0.2) is 17.2 Å². The first-order valence-electron chi connectivity index (χ1n) is 6.33. The van der Waals surface area contributed by atoms with Crippen molar-refractivity contribution in [3.8, 4) is 0 Å². The van der Waals surface area contributed by atoms with Crippen molar-refractivity contribution in [2.24, 2.45) is 0 Å². The van der Waals surface area contributed by atoms with Crippen LogP contribution in [0.4, 0.5) is 8.78 Å². The number of ether oxygens (including phenoxy) is 1. The molecule has 1 aromatic rings. The molecule has 0 atom stereocenters. The summed E-state index contributed by atoms with van der Waals surface area (Å²) >= 11 is 0. The Labute approximate surface area is 122 Å². The predicted molar refractivity (Wildman–Crippen MR) is 72.0 cm³/mol. The number of rotatable bonds is 6. The smallest absolute Gasteiger partial charge is 0.321 e. The zero-order chi connectivity index (χ0) is 16.2. The van der Waals surface area contributed by atoms with Gasteiger partial charge in [-0.05, 0) is 32.9 Å². The molecule has 0 unspecified atom stereocenters. The number of carbonyl (C=O) groups excluding carboxylic acids is 1. The second-order valence-electron chi connectivity index (χ2n) is 4.50. The minimum Gasteiger partial charge on any atom is -0.465 e. The highest BCUT2D eigenvalue weighted by molar-refractivity contribution is 7.89. The molecule has 0 aromatic heterocycles. The third kappa shape index (κ3) is 3.98. The van der Waals surface area contributed by atoms with E-state index in [1.165, 1.54) is 13.8 Å². The van der Waals surface area contributed by atoms with Crippen LogP contribution in [0.3, 0.4) is 0 Å². The number of benzene rings is 1. The van der Waals surface area contributed by atoms with E-state index in [0.717, 1.165) is 18.2 Å². The van der Waals surface area contributed by atoms with Gasteiger partial charge in [0.2, 0.25) is 10.0 Å². The van der Waals surface area contributed by atoms with Crippen LogP contribution in [0.2, 0.25) is 0 Å². The maximum atomic E-state index is 13.7. The number of esters is 1. The van der Waals surface area contributed by atoms with Crippen molar-refractivity contribution in [2.75, 3.05) is 13.2 Å². The molecule has 8 heteroatoms. The average molecular weight is 321 g/mol. The monoisotopic (exact) mass is 321 g/mol. The molecule has 0 aliphatic heterocycles. The lowest BCUT2D eigenvalue weighted by Gasteiger charge is -2.25. The Hall–Kier alpha value is -1.54. The summed E-state index contributed by atoms with van der Waals surface area (Å²) in [7, 11) is -4.49. The Bertz CT molecular complexity index is 596. The van der Waals surface area contributed by atoms with Crippen LogP contribution in [0.15, 0.2) is 23.1 Å². The van der Waals surface area contributed by atoms with Crippen molar-refractivity contribution in [2.45, 2.75) is 31.7 Å². The van der Waals surface area contributed by atoms with Crippen LogP contribution in [0.25, 0.3) is 0 Å². The molecule has 0 aliphatic rings. The number of sulfonamides is 1. The number of hydrogen-bond acceptors (Lipinski definition) is 4. The van der Waals surface area contributed by atoms with Crippen LogP contribution in [-0.4, -0.2) is 37.9 Å². The molecule has 118 valence electrons. The minimum atomic E-state index is -4.49. The summed E-state index contributed by atoms with van der Waals surface area (Å²) in [5.41, 5.74) is 0. The van der Waals surface area contributed by atoms with Crippen LogP contribution in [0.1, 0.15) is 20.8 Å². The summed E-state index contributed by atoms with van der Waals surface area (Å²) in [6, 6.07) is 2.09.